The van der Waals surface area contributed by atoms with Crippen LogP contribution in [0.2, 0.25) is 5.02 Å². The summed E-state index contributed by atoms with van der Waals surface area (Å²) < 4.78 is 0. The lowest BCUT2D eigenvalue weighted by Gasteiger charge is -2.08. The Labute approximate surface area is 97.4 Å². The van der Waals surface area contributed by atoms with E-state index in [4.69, 9.17) is 28.0 Å². The van der Waals surface area contributed by atoms with Crippen LogP contribution in [0.5, 0.6) is 0 Å². The van der Waals surface area contributed by atoms with Gasteiger partial charge in [-0.25, -0.2) is 15.3 Å². The van der Waals surface area contributed by atoms with E-state index in [-0.39, 0.29) is 23.0 Å². The number of aromatic nitrogens is 1. The number of pyridine rings is 1. The van der Waals surface area contributed by atoms with Crippen LogP contribution >= 0.6 is 11.6 Å². The van der Waals surface area contributed by atoms with E-state index >= 15 is 0 Å². The van der Waals surface area contributed by atoms with Crippen LogP contribution in [0.3, 0.4) is 0 Å². The van der Waals surface area contributed by atoms with Crippen LogP contribution in [0.1, 0.15) is 16.1 Å². The third-order valence-corrected chi connectivity index (χ3v) is 2.01. The van der Waals surface area contributed by atoms with Crippen molar-refractivity contribution in [1.29, 1.82) is 0 Å². The molecule has 0 aliphatic rings. The van der Waals surface area contributed by atoms with Crippen LogP contribution in [0.4, 0.5) is 5.82 Å². The highest BCUT2D eigenvalue weighted by Crippen LogP contribution is 2.22. The van der Waals surface area contributed by atoms with Crippen molar-refractivity contribution in [2.75, 3.05) is 12.1 Å². The average molecular weight is 241 g/mol. The Morgan fingerprint density at radius 3 is 3.06 bits per heavy atom. The summed E-state index contributed by atoms with van der Waals surface area (Å²) in [5.74, 6) is 1.41. The number of halogens is 1. The molecule has 6 heteroatoms. The van der Waals surface area contributed by atoms with Crippen LogP contribution in [-0.2, 0) is 4.84 Å². The maximum Gasteiger partial charge on any atom is 0.337 e. The number of nitrogens with zero attached hydrogens (tertiary/aromatic N) is 1. The molecular formula is C10H9ClN2O3. The second kappa shape index (κ2) is 5.35. The molecule has 0 unspecified atom stereocenters. The highest BCUT2D eigenvalue weighted by molar-refractivity contribution is 6.33. The summed E-state index contributed by atoms with van der Waals surface area (Å²) in [4.78, 5) is 19.5. The Kier molecular flexibility index (Phi) is 4.11. The van der Waals surface area contributed by atoms with Crippen LogP contribution in [-0.4, -0.2) is 22.7 Å². The van der Waals surface area contributed by atoms with Gasteiger partial charge >= 0.3 is 5.97 Å². The molecule has 1 aromatic rings. The van der Waals surface area contributed by atoms with Crippen LogP contribution in [0.15, 0.2) is 6.07 Å². The Hall–Kier alpha value is -1.77. The number of carboxylic acids is 1. The monoisotopic (exact) mass is 240 g/mol. The lowest BCUT2D eigenvalue weighted by Crippen LogP contribution is -2.08. The Bertz CT molecular complexity index is 454. The minimum Gasteiger partial charge on any atom is -0.478 e. The van der Waals surface area contributed by atoms with Gasteiger partial charge in [-0.15, -0.1) is 6.42 Å². The van der Waals surface area contributed by atoms with Crippen molar-refractivity contribution in [1.82, 2.24) is 4.98 Å². The fraction of sp³-hybridized carbons (Fsp3) is 0.200. The van der Waals surface area contributed by atoms with Gasteiger partial charge in [0.15, 0.2) is 5.82 Å². The van der Waals surface area contributed by atoms with Gasteiger partial charge in [-0.1, -0.05) is 17.5 Å². The third kappa shape index (κ3) is 2.86. The summed E-state index contributed by atoms with van der Waals surface area (Å²) in [6.45, 7) is 1.61. The van der Waals surface area contributed by atoms with E-state index in [1.165, 1.54) is 6.07 Å². The number of carbonyl (C=O) groups is 1. The van der Waals surface area contributed by atoms with Gasteiger partial charge < -0.3 is 5.11 Å². The third-order valence-electron chi connectivity index (χ3n) is 1.72. The molecule has 5 nitrogen and oxygen atoms in total. The van der Waals surface area contributed by atoms with E-state index < -0.39 is 5.97 Å². The number of nitrogens with one attached hydrogen (secondary N) is 1. The van der Waals surface area contributed by atoms with Crippen molar-refractivity contribution in [2.45, 2.75) is 6.92 Å². The highest BCUT2D eigenvalue weighted by atomic mass is 35.5. The number of anilines is 1. The standard InChI is InChI=1S/C10H9ClN2O3/c1-3-4-16-13-9-8(11)5-7(10(14)15)6(2)12-9/h1,5H,4H2,2H3,(H,12,13)(H,14,15). The van der Waals surface area contributed by atoms with Gasteiger partial charge in [-0.3, -0.25) is 4.84 Å². The Morgan fingerprint density at radius 1 is 1.81 bits per heavy atom. The van der Waals surface area contributed by atoms with Crippen molar-refractivity contribution in [3.63, 3.8) is 0 Å². The summed E-state index contributed by atoms with van der Waals surface area (Å²) in [5.41, 5.74) is 2.83. The quantitative estimate of drug-likeness (QED) is 0.476. The maximum atomic E-state index is 10.8. The number of hydrogen-bond donors (Lipinski definition) is 2. The lowest BCUT2D eigenvalue weighted by atomic mass is 10.2. The summed E-state index contributed by atoms with van der Waals surface area (Å²) in [6, 6.07) is 1.30. The zero-order valence-electron chi connectivity index (χ0n) is 8.45. The molecule has 0 aliphatic heterocycles. The van der Waals surface area contributed by atoms with Gasteiger partial charge in [0.1, 0.15) is 6.61 Å². The Balaban J connectivity index is 2.93. The summed E-state index contributed by atoms with van der Waals surface area (Å²) in [6.07, 6.45) is 4.98. The largest absolute Gasteiger partial charge is 0.478 e. The molecule has 0 bridgehead atoms. The van der Waals surface area contributed by atoms with Crippen LogP contribution in [0, 0.1) is 19.3 Å². The van der Waals surface area contributed by atoms with Gasteiger partial charge in [0.25, 0.3) is 0 Å². The number of aryl methyl sites for hydroxylation is 1. The molecular weight excluding hydrogens is 232 g/mol. The Morgan fingerprint density at radius 2 is 2.50 bits per heavy atom. The van der Waals surface area contributed by atoms with E-state index in [0.717, 1.165) is 0 Å². The molecule has 0 radical (unpaired) electrons. The molecule has 0 spiro atoms. The summed E-state index contributed by atoms with van der Waals surface area (Å²) >= 11 is 5.80. The molecule has 0 saturated carbocycles. The van der Waals surface area contributed by atoms with Crippen LogP contribution in [0.25, 0.3) is 0 Å². The second-order valence-electron chi connectivity index (χ2n) is 2.85. The first kappa shape index (κ1) is 12.3. The molecule has 1 rings (SSSR count). The van der Waals surface area contributed by atoms with Gasteiger partial charge in [-0.2, -0.15) is 0 Å². The van der Waals surface area contributed by atoms with Crippen molar-refractivity contribution in [2.24, 2.45) is 0 Å². The predicted octanol–water partition coefficient (Wildman–Crippen LogP) is 1.72. The number of hydrogen-bond acceptors (Lipinski definition) is 4. The lowest BCUT2D eigenvalue weighted by molar-refractivity contribution is 0.0695. The van der Waals surface area contributed by atoms with Crippen molar-refractivity contribution < 1.29 is 14.7 Å². The zero-order chi connectivity index (χ0) is 12.1. The van der Waals surface area contributed by atoms with Gasteiger partial charge in [-0.05, 0) is 13.0 Å². The number of carboxylic acid groups (broad SMARTS) is 1. The number of aromatic carboxylic acids is 1. The number of terminal acetylenes is 1. The van der Waals surface area contributed by atoms with E-state index in [9.17, 15) is 4.79 Å². The normalized spacial score (nSPS) is 9.56. The molecule has 0 amide bonds. The second-order valence-corrected chi connectivity index (χ2v) is 3.26. The van der Waals surface area contributed by atoms with Gasteiger partial charge in [0.2, 0.25) is 0 Å². The molecule has 16 heavy (non-hydrogen) atoms. The first-order valence-corrected chi connectivity index (χ1v) is 4.65. The number of rotatable bonds is 4. The molecule has 1 heterocycles. The van der Waals surface area contributed by atoms with Crippen LogP contribution < -0.4 is 5.48 Å². The first-order valence-electron chi connectivity index (χ1n) is 4.28. The molecule has 0 aliphatic carbocycles. The topological polar surface area (TPSA) is 71.5 Å². The fourth-order valence-electron chi connectivity index (χ4n) is 1.02. The van der Waals surface area contributed by atoms with E-state index in [2.05, 4.69) is 16.4 Å². The van der Waals surface area contributed by atoms with E-state index in [1.807, 2.05) is 0 Å². The highest BCUT2D eigenvalue weighted by Gasteiger charge is 2.12. The first-order chi connectivity index (χ1) is 7.56. The minimum atomic E-state index is -1.08. The predicted molar refractivity (Wildman–Crippen MR) is 59.4 cm³/mol. The van der Waals surface area contributed by atoms with Crippen molar-refractivity contribution in [3.8, 4) is 12.3 Å². The molecule has 0 saturated heterocycles. The molecule has 2 N–H and O–H groups in total. The molecule has 0 atom stereocenters. The SMILES string of the molecule is C#CCONc1nc(C)c(C(=O)O)cc1Cl. The van der Waals surface area contributed by atoms with Crippen molar-refractivity contribution >= 4 is 23.4 Å². The summed E-state index contributed by atoms with van der Waals surface area (Å²) in [7, 11) is 0. The van der Waals surface area contributed by atoms with Gasteiger partial charge in [0, 0.05) is 0 Å². The zero-order valence-corrected chi connectivity index (χ0v) is 9.21. The fourth-order valence-corrected chi connectivity index (χ4v) is 1.20. The molecule has 0 aromatic carbocycles. The molecule has 1 aromatic heterocycles. The van der Waals surface area contributed by atoms with Crippen molar-refractivity contribution in [3.05, 3.63) is 22.3 Å². The maximum absolute atomic E-state index is 10.8. The smallest absolute Gasteiger partial charge is 0.337 e. The molecule has 84 valence electrons. The van der Waals surface area contributed by atoms with Gasteiger partial charge in [0.05, 0.1) is 16.3 Å². The summed E-state index contributed by atoms with van der Waals surface area (Å²) in [5, 5.41) is 8.97. The minimum absolute atomic E-state index is 0.0486. The van der Waals surface area contributed by atoms with E-state index in [0.29, 0.717) is 5.69 Å². The molecule has 0 fully saturated rings. The van der Waals surface area contributed by atoms with E-state index in [1.54, 1.807) is 6.92 Å². The average Bonchev–Trinajstić information content (AvgIpc) is 2.22.